The predicted octanol–water partition coefficient (Wildman–Crippen LogP) is 6.03. The highest BCUT2D eigenvalue weighted by atomic mass is 15.1. The Kier molecular flexibility index (Phi) is 3.40. The topological polar surface area (TPSA) is 16.8 Å². The molecule has 0 aliphatic carbocycles. The molecule has 0 N–H and O–H groups in total. The summed E-state index contributed by atoms with van der Waals surface area (Å²) >= 11 is 0. The van der Waals surface area contributed by atoms with E-state index in [9.17, 15) is 0 Å². The molecule has 5 rings (SSSR count). The molecule has 1 atom stereocenters. The molecule has 136 valence electrons. The summed E-state index contributed by atoms with van der Waals surface area (Å²) in [4.78, 5) is 4.88. The minimum Gasteiger partial charge on any atom is -0.243 e. The van der Waals surface area contributed by atoms with Crippen LogP contribution < -0.4 is 4.57 Å². The standard InChI is InChI=1S/C25H27N2/c1-5-24(4)20-14-10-13-18-17-11-8-9-12-19(17)22-23(21(18)20)27(16-15-26-22)25(24,6-2)7-3/h8-16H,5-7H2,1-4H3/q+1. The summed E-state index contributed by atoms with van der Waals surface area (Å²) < 4.78 is 2.58. The number of aromatic nitrogens is 2. The molecule has 27 heavy (non-hydrogen) atoms. The molecule has 2 nitrogen and oxygen atoms in total. The molecule has 0 saturated heterocycles. The average Bonchev–Trinajstić information content (AvgIpc) is 2.74. The van der Waals surface area contributed by atoms with Gasteiger partial charge in [0.05, 0.1) is 17.0 Å². The molecule has 0 bridgehead atoms. The monoisotopic (exact) mass is 355 g/mol. The number of benzene rings is 3. The van der Waals surface area contributed by atoms with Gasteiger partial charge in [-0.25, -0.2) is 4.98 Å². The zero-order valence-electron chi connectivity index (χ0n) is 16.7. The molecule has 0 radical (unpaired) electrons. The second kappa shape index (κ2) is 5.51. The van der Waals surface area contributed by atoms with Gasteiger partial charge in [0.15, 0.2) is 11.7 Å². The predicted molar refractivity (Wildman–Crippen MR) is 113 cm³/mol. The van der Waals surface area contributed by atoms with Crippen molar-refractivity contribution in [2.75, 3.05) is 0 Å². The zero-order chi connectivity index (χ0) is 18.8. The third-order valence-corrected chi connectivity index (χ3v) is 7.62. The molecular weight excluding hydrogens is 328 g/mol. The smallest absolute Gasteiger partial charge is 0.240 e. The van der Waals surface area contributed by atoms with Crippen LogP contribution in [0.2, 0.25) is 0 Å². The Labute approximate surface area is 160 Å². The highest BCUT2D eigenvalue weighted by Gasteiger charge is 2.57. The zero-order valence-corrected chi connectivity index (χ0v) is 16.7. The fourth-order valence-electron chi connectivity index (χ4n) is 6.04. The van der Waals surface area contributed by atoms with Crippen molar-refractivity contribution in [2.24, 2.45) is 0 Å². The van der Waals surface area contributed by atoms with Crippen LogP contribution >= 0.6 is 0 Å². The lowest BCUT2D eigenvalue weighted by Crippen LogP contribution is -2.67. The van der Waals surface area contributed by atoms with E-state index in [0.717, 1.165) is 24.8 Å². The van der Waals surface area contributed by atoms with E-state index in [4.69, 9.17) is 4.98 Å². The Morgan fingerprint density at radius 2 is 1.56 bits per heavy atom. The number of hydrogen-bond acceptors (Lipinski definition) is 1. The summed E-state index contributed by atoms with van der Waals surface area (Å²) in [7, 11) is 0. The van der Waals surface area contributed by atoms with E-state index in [2.05, 4.69) is 80.9 Å². The lowest BCUT2D eigenvalue weighted by molar-refractivity contribution is -0.755. The lowest BCUT2D eigenvalue weighted by Gasteiger charge is -2.46. The molecule has 3 aromatic carbocycles. The second-order valence-electron chi connectivity index (χ2n) is 8.19. The maximum atomic E-state index is 4.88. The van der Waals surface area contributed by atoms with Gasteiger partial charge >= 0.3 is 0 Å². The first kappa shape index (κ1) is 16.7. The van der Waals surface area contributed by atoms with Crippen LogP contribution in [0.5, 0.6) is 0 Å². The van der Waals surface area contributed by atoms with Gasteiger partial charge in [-0.1, -0.05) is 63.2 Å². The van der Waals surface area contributed by atoms with Crippen molar-refractivity contribution >= 4 is 32.6 Å². The first-order chi connectivity index (χ1) is 13.1. The Morgan fingerprint density at radius 3 is 2.26 bits per heavy atom. The van der Waals surface area contributed by atoms with Crippen molar-refractivity contribution in [2.45, 2.75) is 57.9 Å². The molecule has 2 heteroatoms. The van der Waals surface area contributed by atoms with Gasteiger partial charge in [0.2, 0.25) is 5.52 Å². The highest BCUT2D eigenvalue weighted by molar-refractivity contribution is 6.23. The van der Waals surface area contributed by atoms with Gasteiger partial charge < -0.3 is 0 Å². The molecule has 1 aromatic heterocycles. The van der Waals surface area contributed by atoms with Crippen molar-refractivity contribution in [1.29, 1.82) is 0 Å². The molecule has 0 spiro atoms. The Bertz CT molecular complexity index is 1200. The van der Waals surface area contributed by atoms with Crippen LogP contribution in [0.4, 0.5) is 0 Å². The fraction of sp³-hybridized carbons (Fsp3) is 0.360. The molecule has 1 aliphatic rings. The van der Waals surface area contributed by atoms with Crippen molar-refractivity contribution < 1.29 is 4.57 Å². The highest BCUT2D eigenvalue weighted by Crippen LogP contribution is 2.51. The van der Waals surface area contributed by atoms with Crippen LogP contribution in [0.3, 0.4) is 0 Å². The second-order valence-corrected chi connectivity index (χ2v) is 8.19. The summed E-state index contributed by atoms with van der Waals surface area (Å²) in [5.41, 5.74) is 4.10. The molecule has 2 heterocycles. The van der Waals surface area contributed by atoms with Crippen LogP contribution in [0, 0.1) is 0 Å². The van der Waals surface area contributed by atoms with Gasteiger partial charge in [-0.2, -0.15) is 4.57 Å². The largest absolute Gasteiger partial charge is 0.243 e. The van der Waals surface area contributed by atoms with Crippen molar-refractivity contribution in [3.8, 4) is 0 Å². The van der Waals surface area contributed by atoms with Gasteiger partial charge in [0.1, 0.15) is 5.52 Å². The quantitative estimate of drug-likeness (QED) is 0.324. The number of fused-ring (bicyclic) bond motifs is 3. The summed E-state index contributed by atoms with van der Waals surface area (Å²) in [5, 5.41) is 5.33. The molecule has 0 fully saturated rings. The molecule has 0 saturated carbocycles. The average molecular weight is 356 g/mol. The van der Waals surface area contributed by atoms with E-state index in [1.807, 2.05) is 6.20 Å². The Balaban J connectivity index is 2.17. The van der Waals surface area contributed by atoms with E-state index in [1.165, 1.54) is 32.6 Å². The summed E-state index contributed by atoms with van der Waals surface area (Å²) in [6, 6.07) is 15.7. The Hall–Kier alpha value is -2.48. The number of hydrogen-bond donors (Lipinski definition) is 0. The minimum atomic E-state index is 0.0622. The summed E-state index contributed by atoms with van der Waals surface area (Å²) in [6.07, 6.45) is 7.58. The van der Waals surface area contributed by atoms with Crippen molar-refractivity contribution in [1.82, 2.24) is 4.98 Å². The molecule has 1 unspecified atom stereocenters. The van der Waals surface area contributed by atoms with Gasteiger partial charge in [0.25, 0.3) is 0 Å². The van der Waals surface area contributed by atoms with E-state index in [-0.39, 0.29) is 11.0 Å². The third-order valence-electron chi connectivity index (χ3n) is 7.62. The molecule has 4 aromatic rings. The van der Waals surface area contributed by atoms with E-state index >= 15 is 0 Å². The fourth-order valence-corrected chi connectivity index (χ4v) is 6.04. The molecular formula is C25H27N2+. The SMILES string of the molecule is CCC1(C)c2cccc3c4ccccc4c4ncc[n+](c4c23)C1(CC)CC. The van der Waals surface area contributed by atoms with Gasteiger partial charge in [-0.3, -0.25) is 0 Å². The maximum absolute atomic E-state index is 4.88. The maximum Gasteiger partial charge on any atom is 0.240 e. The number of rotatable bonds is 3. The van der Waals surface area contributed by atoms with Crippen LogP contribution in [0.25, 0.3) is 32.6 Å². The van der Waals surface area contributed by atoms with Gasteiger partial charge in [-0.05, 0) is 29.7 Å². The van der Waals surface area contributed by atoms with E-state index in [1.54, 1.807) is 0 Å². The molecule has 0 amide bonds. The molecule has 1 aliphatic heterocycles. The summed E-state index contributed by atoms with van der Waals surface area (Å²) in [5.74, 6) is 0. The Morgan fingerprint density at radius 1 is 0.852 bits per heavy atom. The minimum absolute atomic E-state index is 0.0622. The summed E-state index contributed by atoms with van der Waals surface area (Å²) in [6.45, 7) is 9.53. The van der Waals surface area contributed by atoms with E-state index < -0.39 is 0 Å². The van der Waals surface area contributed by atoms with Crippen LogP contribution in [-0.2, 0) is 11.0 Å². The lowest BCUT2D eigenvalue weighted by atomic mass is 9.59. The van der Waals surface area contributed by atoms with Crippen LogP contribution in [0.1, 0.15) is 52.5 Å². The van der Waals surface area contributed by atoms with Crippen LogP contribution in [-0.4, -0.2) is 4.98 Å². The normalized spacial score (nSPS) is 20.7. The third kappa shape index (κ3) is 1.77. The van der Waals surface area contributed by atoms with Crippen molar-refractivity contribution in [3.63, 3.8) is 0 Å². The number of nitrogens with zero attached hydrogens (tertiary/aromatic N) is 2. The first-order valence-electron chi connectivity index (χ1n) is 10.3. The van der Waals surface area contributed by atoms with E-state index in [0.29, 0.717) is 0 Å². The van der Waals surface area contributed by atoms with Gasteiger partial charge in [0, 0.05) is 18.2 Å². The first-order valence-corrected chi connectivity index (χ1v) is 10.3. The van der Waals surface area contributed by atoms with Crippen molar-refractivity contribution in [3.05, 3.63) is 60.4 Å². The van der Waals surface area contributed by atoms with Gasteiger partial charge in [-0.15, -0.1) is 0 Å². The van der Waals surface area contributed by atoms with Crippen LogP contribution in [0.15, 0.2) is 54.9 Å².